The summed E-state index contributed by atoms with van der Waals surface area (Å²) in [5, 5.41) is 2.73. The molecule has 0 saturated heterocycles. The maximum atomic E-state index is 14.7. The molecule has 0 atom stereocenters. The maximum absolute atomic E-state index is 14.7. The van der Waals surface area contributed by atoms with Gasteiger partial charge in [0.05, 0.1) is 24.8 Å². The van der Waals surface area contributed by atoms with Gasteiger partial charge in [-0.05, 0) is 42.3 Å². The van der Waals surface area contributed by atoms with E-state index >= 15 is 0 Å². The van der Waals surface area contributed by atoms with Crippen LogP contribution in [0.25, 0.3) is 0 Å². The third kappa shape index (κ3) is 5.25. The molecule has 0 aliphatic rings. The van der Waals surface area contributed by atoms with Crippen LogP contribution in [0.5, 0.6) is 11.5 Å². The van der Waals surface area contributed by atoms with E-state index in [-0.39, 0.29) is 16.3 Å². The standard InChI is InChI=1S/C24H25FN2O5S/c1-4-17-9-5-7-11-20(17)26-24(28)16-27(21-12-8-6-10-19(21)25)33(29,30)18-13-14-22(31-2)23(15-18)32-3/h5-15H,4,16H2,1-3H3,(H,26,28). The minimum absolute atomic E-state index is 0.176. The average Bonchev–Trinajstić information content (AvgIpc) is 2.82. The Hall–Kier alpha value is -3.59. The number of halogens is 1. The van der Waals surface area contributed by atoms with Gasteiger partial charge >= 0.3 is 0 Å². The van der Waals surface area contributed by atoms with Crippen molar-refractivity contribution in [3.63, 3.8) is 0 Å². The molecule has 1 N–H and O–H groups in total. The highest BCUT2D eigenvalue weighted by molar-refractivity contribution is 7.92. The first-order valence-electron chi connectivity index (χ1n) is 10.2. The van der Waals surface area contributed by atoms with E-state index in [1.807, 2.05) is 19.1 Å². The minimum atomic E-state index is -4.34. The number of rotatable bonds is 9. The molecule has 7 nitrogen and oxygen atoms in total. The van der Waals surface area contributed by atoms with Gasteiger partial charge < -0.3 is 14.8 Å². The zero-order valence-corrected chi connectivity index (χ0v) is 19.4. The number of ether oxygens (including phenoxy) is 2. The number of nitrogens with one attached hydrogen (secondary N) is 1. The largest absolute Gasteiger partial charge is 0.493 e. The van der Waals surface area contributed by atoms with E-state index in [1.165, 1.54) is 50.6 Å². The lowest BCUT2D eigenvalue weighted by Crippen LogP contribution is -2.38. The van der Waals surface area contributed by atoms with E-state index in [0.29, 0.717) is 17.9 Å². The molecule has 9 heteroatoms. The Bertz CT molecular complexity index is 1250. The number of anilines is 2. The van der Waals surface area contributed by atoms with Gasteiger partial charge in [-0.1, -0.05) is 37.3 Å². The van der Waals surface area contributed by atoms with Crippen molar-refractivity contribution in [1.29, 1.82) is 0 Å². The second-order valence-corrected chi connectivity index (χ2v) is 8.90. The van der Waals surface area contributed by atoms with Crippen LogP contribution in [0.4, 0.5) is 15.8 Å². The van der Waals surface area contributed by atoms with Crippen molar-refractivity contribution >= 4 is 27.3 Å². The van der Waals surface area contributed by atoms with Gasteiger partial charge in [0.2, 0.25) is 5.91 Å². The number of amides is 1. The number of sulfonamides is 1. The van der Waals surface area contributed by atoms with Crippen molar-refractivity contribution in [2.45, 2.75) is 18.2 Å². The summed E-state index contributed by atoms with van der Waals surface area (Å²) in [6.07, 6.45) is 0.678. The molecule has 3 aromatic carbocycles. The van der Waals surface area contributed by atoms with E-state index in [9.17, 15) is 17.6 Å². The van der Waals surface area contributed by atoms with Crippen LogP contribution in [0.1, 0.15) is 12.5 Å². The van der Waals surface area contributed by atoms with Crippen LogP contribution < -0.4 is 19.1 Å². The molecule has 0 fully saturated rings. The molecule has 0 unspecified atom stereocenters. The Labute approximate surface area is 192 Å². The van der Waals surface area contributed by atoms with Crippen LogP contribution in [0, 0.1) is 5.82 Å². The summed E-state index contributed by atoms with van der Waals surface area (Å²) < 4.78 is 52.9. The number of hydrogen-bond donors (Lipinski definition) is 1. The fourth-order valence-electron chi connectivity index (χ4n) is 3.33. The summed E-state index contributed by atoms with van der Waals surface area (Å²) in [4.78, 5) is 12.7. The highest BCUT2D eigenvalue weighted by atomic mass is 32.2. The Kier molecular flexibility index (Phi) is 7.55. The summed E-state index contributed by atoms with van der Waals surface area (Å²) in [7, 11) is -1.54. The molecule has 0 spiro atoms. The Balaban J connectivity index is 2.02. The molecule has 0 bridgehead atoms. The van der Waals surface area contributed by atoms with Gasteiger partial charge in [0.25, 0.3) is 10.0 Å². The summed E-state index contributed by atoms with van der Waals surface area (Å²) >= 11 is 0. The molecule has 3 rings (SSSR count). The van der Waals surface area contributed by atoms with Gasteiger partial charge in [-0.15, -0.1) is 0 Å². The highest BCUT2D eigenvalue weighted by Crippen LogP contribution is 2.33. The van der Waals surface area contributed by atoms with Crippen molar-refractivity contribution in [2.75, 3.05) is 30.4 Å². The lowest BCUT2D eigenvalue weighted by Gasteiger charge is -2.25. The van der Waals surface area contributed by atoms with E-state index in [4.69, 9.17) is 9.47 Å². The molecule has 1 amide bonds. The van der Waals surface area contributed by atoms with E-state index in [2.05, 4.69) is 5.32 Å². The SMILES string of the molecule is CCc1ccccc1NC(=O)CN(c1ccccc1F)S(=O)(=O)c1ccc(OC)c(OC)c1. The number of benzene rings is 3. The van der Waals surface area contributed by atoms with Gasteiger partial charge in [0.1, 0.15) is 12.4 Å². The van der Waals surface area contributed by atoms with E-state index in [1.54, 1.807) is 12.1 Å². The molecule has 33 heavy (non-hydrogen) atoms. The number of aryl methyl sites for hydroxylation is 1. The van der Waals surface area contributed by atoms with Gasteiger partial charge in [-0.25, -0.2) is 12.8 Å². The quantitative estimate of drug-likeness (QED) is 0.504. The zero-order chi connectivity index (χ0) is 24.0. The lowest BCUT2D eigenvalue weighted by atomic mass is 10.1. The smallest absolute Gasteiger partial charge is 0.265 e. The van der Waals surface area contributed by atoms with Crippen molar-refractivity contribution in [1.82, 2.24) is 0 Å². The summed E-state index contributed by atoms with van der Waals surface area (Å²) in [6.45, 7) is 1.31. The molecular weight excluding hydrogens is 447 g/mol. The number of hydrogen-bond acceptors (Lipinski definition) is 5. The second-order valence-electron chi connectivity index (χ2n) is 7.04. The van der Waals surface area contributed by atoms with Gasteiger partial charge in [-0.2, -0.15) is 0 Å². The third-order valence-corrected chi connectivity index (χ3v) is 6.78. The molecule has 0 radical (unpaired) electrons. The monoisotopic (exact) mass is 472 g/mol. The van der Waals surface area contributed by atoms with Crippen molar-refractivity contribution in [2.24, 2.45) is 0 Å². The van der Waals surface area contributed by atoms with Crippen molar-refractivity contribution in [3.05, 3.63) is 78.1 Å². The minimum Gasteiger partial charge on any atom is -0.493 e. The normalized spacial score (nSPS) is 11.0. The Morgan fingerprint density at radius 3 is 2.30 bits per heavy atom. The first kappa shape index (κ1) is 24.1. The summed E-state index contributed by atoms with van der Waals surface area (Å²) in [6, 6.07) is 16.6. The molecule has 3 aromatic rings. The van der Waals surface area contributed by atoms with Crippen LogP contribution in [-0.2, 0) is 21.2 Å². The van der Waals surface area contributed by atoms with E-state index in [0.717, 1.165) is 15.9 Å². The lowest BCUT2D eigenvalue weighted by molar-refractivity contribution is -0.114. The molecule has 174 valence electrons. The number of para-hydroxylation sites is 2. The number of methoxy groups -OCH3 is 2. The molecule has 0 aliphatic heterocycles. The predicted octanol–water partition coefficient (Wildman–Crippen LogP) is 4.24. The molecule has 0 saturated carbocycles. The average molecular weight is 473 g/mol. The fraction of sp³-hybridized carbons (Fsp3) is 0.208. The first-order valence-corrected chi connectivity index (χ1v) is 11.6. The third-order valence-electron chi connectivity index (χ3n) is 5.02. The van der Waals surface area contributed by atoms with Crippen molar-refractivity contribution in [3.8, 4) is 11.5 Å². The Morgan fingerprint density at radius 1 is 0.970 bits per heavy atom. The van der Waals surface area contributed by atoms with Gasteiger partial charge in [0, 0.05) is 11.8 Å². The molecule has 0 aromatic heterocycles. The van der Waals surface area contributed by atoms with Gasteiger partial charge in [0.15, 0.2) is 11.5 Å². The topological polar surface area (TPSA) is 84.9 Å². The van der Waals surface area contributed by atoms with E-state index < -0.39 is 28.3 Å². The van der Waals surface area contributed by atoms with Gasteiger partial charge in [-0.3, -0.25) is 9.10 Å². The number of carbonyl (C=O) groups is 1. The summed E-state index contributed by atoms with van der Waals surface area (Å²) in [5.41, 5.74) is 1.22. The number of carbonyl (C=O) groups excluding carboxylic acids is 1. The van der Waals surface area contributed by atoms with Crippen LogP contribution in [-0.4, -0.2) is 35.1 Å². The zero-order valence-electron chi connectivity index (χ0n) is 18.5. The second kappa shape index (κ2) is 10.4. The predicted molar refractivity (Wildman–Crippen MR) is 125 cm³/mol. The maximum Gasteiger partial charge on any atom is 0.265 e. The number of nitrogens with zero attached hydrogens (tertiary/aromatic N) is 1. The molecule has 0 aliphatic carbocycles. The Morgan fingerprint density at radius 2 is 1.64 bits per heavy atom. The molecule has 0 heterocycles. The highest BCUT2D eigenvalue weighted by Gasteiger charge is 2.30. The van der Waals surface area contributed by atoms with Crippen LogP contribution in [0.3, 0.4) is 0 Å². The first-order chi connectivity index (χ1) is 15.8. The van der Waals surface area contributed by atoms with Crippen molar-refractivity contribution < 1.29 is 27.1 Å². The van der Waals surface area contributed by atoms with Crippen LogP contribution in [0.2, 0.25) is 0 Å². The van der Waals surface area contributed by atoms with Crippen LogP contribution >= 0.6 is 0 Å². The van der Waals surface area contributed by atoms with Crippen LogP contribution in [0.15, 0.2) is 71.6 Å². The fourth-order valence-corrected chi connectivity index (χ4v) is 4.77. The summed E-state index contributed by atoms with van der Waals surface area (Å²) in [5.74, 6) is -0.859. The molecular formula is C24H25FN2O5S.